The molecule has 1 unspecified atom stereocenters. The van der Waals surface area contributed by atoms with Crippen molar-refractivity contribution in [1.29, 1.82) is 0 Å². The number of terminal acetylenes is 1. The summed E-state index contributed by atoms with van der Waals surface area (Å²) in [5, 5.41) is 2.89. The Labute approximate surface area is 102 Å². The number of carbonyl (C=O) groups is 1. The van der Waals surface area contributed by atoms with Crippen LogP contribution in [0.2, 0.25) is 0 Å². The van der Waals surface area contributed by atoms with Gasteiger partial charge in [0.25, 0.3) is 0 Å². The minimum atomic E-state index is -0.236. The molecule has 0 fully saturated rings. The molecule has 0 aromatic heterocycles. The van der Waals surface area contributed by atoms with Gasteiger partial charge >= 0.3 is 5.97 Å². The minimum Gasteiger partial charge on any atom is -0.461 e. The van der Waals surface area contributed by atoms with Crippen LogP contribution in [0.5, 0.6) is 0 Å². The van der Waals surface area contributed by atoms with E-state index in [9.17, 15) is 4.79 Å². The van der Waals surface area contributed by atoms with E-state index >= 15 is 0 Å². The van der Waals surface area contributed by atoms with Gasteiger partial charge in [-0.2, -0.15) is 0 Å². The van der Waals surface area contributed by atoms with Crippen LogP contribution >= 0.6 is 12.4 Å². The molecule has 1 N–H and O–H groups in total. The van der Waals surface area contributed by atoms with Crippen molar-refractivity contribution in [3.8, 4) is 12.3 Å². The summed E-state index contributed by atoms with van der Waals surface area (Å²) in [7, 11) is 0. The van der Waals surface area contributed by atoms with Crippen LogP contribution < -0.4 is 5.32 Å². The van der Waals surface area contributed by atoms with Crippen LogP contribution in [-0.2, 0) is 9.53 Å². The van der Waals surface area contributed by atoms with Crippen molar-refractivity contribution in [1.82, 2.24) is 5.32 Å². The highest BCUT2D eigenvalue weighted by atomic mass is 35.5. The molecule has 0 bridgehead atoms. The number of halogens is 1. The van der Waals surface area contributed by atoms with Gasteiger partial charge in [-0.3, -0.25) is 9.79 Å². The third kappa shape index (κ3) is 4.85. The van der Waals surface area contributed by atoms with E-state index in [1.165, 1.54) is 0 Å². The second-order valence-electron chi connectivity index (χ2n) is 3.26. The van der Waals surface area contributed by atoms with Crippen LogP contribution in [0.25, 0.3) is 0 Å². The fourth-order valence-electron chi connectivity index (χ4n) is 1.09. The molecule has 1 rings (SSSR count). The minimum absolute atomic E-state index is 0. The smallest absolute Gasteiger partial charge is 0.312 e. The summed E-state index contributed by atoms with van der Waals surface area (Å²) in [6, 6.07) is 0. The summed E-state index contributed by atoms with van der Waals surface area (Å²) in [6.45, 7) is 3.10. The van der Waals surface area contributed by atoms with Crippen LogP contribution in [0.3, 0.4) is 0 Å². The zero-order valence-corrected chi connectivity index (χ0v) is 9.92. The molecule has 0 aromatic carbocycles. The van der Waals surface area contributed by atoms with Gasteiger partial charge < -0.3 is 10.1 Å². The monoisotopic (exact) mass is 242 g/mol. The average molecular weight is 243 g/mol. The Morgan fingerprint density at radius 1 is 1.81 bits per heavy atom. The Bertz CT molecular complexity index is 331. The van der Waals surface area contributed by atoms with Crippen molar-refractivity contribution in [2.75, 3.05) is 19.7 Å². The lowest BCUT2D eigenvalue weighted by atomic mass is 10.1. The van der Waals surface area contributed by atoms with E-state index in [0.29, 0.717) is 13.1 Å². The molecular weight excluding hydrogens is 228 g/mol. The predicted octanol–water partition coefficient (Wildman–Crippen LogP) is 0.779. The van der Waals surface area contributed by atoms with E-state index in [-0.39, 0.29) is 30.9 Å². The Morgan fingerprint density at radius 2 is 2.56 bits per heavy atom. The zero-order valence-electron chi connectivity index (χ0n) is 9.10. The molecule has 0 aliphatic carbocycles. The maximum atomic E-state index is 11.5. The molecule has 1 heterocycles. The van der Waals surface area contributed by atoms with Gasteiger partial charge in [0, 0.05) is 6.54 Å². The SMILES string of the molecule is C#C/C(C)=C\COC(=O)C1CN=CNC1.Cl. The first-order chi connectivity index (χ1) is 7.24. The molecule has 0 saturated carbocycles. The largest absolute Gasteiger partial charge is 0.461 e. The van der Waals surface area contributed by atoms with Gasteiger partial charge in [0.2, 0.25) is 0 Å². The lowest BCUT2D eigenvalue weighted by molar-refractivity contribution is -0.146. The lowest BCUT2D eigenvalue weighted by Gasteiger charge is -2.16. The summed E-state index contributed by atoms with van der Waals surface area (Å²) in [5.74, 6) is 2.03. The van der Waals surface area contributed by atoms with Crippen molar-refractivity contribution < 1.29 is 9.53 Å². The molecule has 0 saturated heterocycles. The van der Waals surface area contributed by atoms with Gasteiger partial charge in [0.1, 0.15) is 6.61 Å². The molecule has 5 heteroatoms. The molecule has 0 amide bonds. The van der Waals surface area contributed by atoms with Crippen molar-refractivity contribution in [2.45, 2.75) is 6.92 Å². The fourth-order valence-corrected chi connectivity index (χ4v) is 1.09. The molecule has 1 aliphatic heterocycles. The third-order valence-electron chi connectivity index (χ3n) is 2.05. The van der Waals surface area contributed by atoms with Crippen LogP contribution in [0.4, 0.5) is 0 Å². The van der Waals surface area contributed by atoms with E-state index < -0.39 is 0 Å². The number of hydrogen-bond acceptors (Lipinski definition) is 4. The Hall–Kier alpha value is -1.47. The van der Waals surface area contributed by atoms with Crippen LogP contribution in [0.15, 0.2) is 16.6 Å². The Kier molecular flexibility index (Phi) is 7.06. The Morgan fingerprint density at radius 3 is 3.12 bits per heavy atom. The number of hydrogen-bond donors (Lipinski definition) is 1. The molecule has 1 atom stereocenters. The summed E-state index contributed by atoms with van der Waals surface area (Å²) in [6.07, 6.45) is 8.45. The number of rotatable bonds is 3. The maximum absolute atomic E-state index is 11.5. The van der Waals surface area contributed by atoms with E-state index in [1.807, 2.05) is 0 Å². The standard InChI is InChI=1S/C11H14N2O2.ClH/c1-3-9(2)4-5-15-11(14)10-6-12-8-13-7-10;/h1,4,8,10H,5-7H2,2H3,(H,12,13);1H/b9-4-;. The molecule has 4 nitrogen and oxygen atoms in total. The van der Waals surface area contributed by atoms with E-state index in [4.69, 9.17) is 11.2 Å². The predicted molar refractivity (Wildman–Crippen MR) is 65.6 cm³/mol. The number of allylic oxidation sites excluding steroid dienone is 1. The number of carbonyl (C=O) groups excluding carboxylic acids is 1. The molecule has 16 heavy (non-hydrogen) atoms. The summed E-state index contributed by atoms with van der Waals surface area (Å²) in [4.78, 5) is 15.4. The first kappa shape index (κ1) is 14.5. The van der Waals surface area contributed by atoms with Crippen LogP contribution in [-0.4, -0.2) is 32.0 Å². The van der Waals surface area contributed by atoms with Gasteiger partial charge in [-0.25, -0.2) is 0 Å². The highest BCUT2D eigenvalue weighted by Gasteiger charge is 2.20. The third-order valence-corrected chi connectivity index (χ3v) is 2.05. The zero-order chi connectivity index (χ0) is 11.1. The summed E-state index contributed by atoms with van der Waals surface area (Å²) in [5.41, 5.74) is 0.766. The lowest BCUT2D eigenvalue weighted by Crippen LogP contribution is -2.35. The van der Waals surface area contributed by atoms with E-state index in [1.54, 1.807) is 19.3 Å². The van der Waals surface area contributed by atoms with Gasteiger partial charge in [-0.1, -0.05) is 5.92 Å². The second-order valence-corrected chi connectivity index (χ2v) is 3.26. The van der Waals surface area contributed by atoms with Gasteiger partial charge in [-0.15, -0.1) is 18.8 Å². The number of ether oxygens (including phenoxy) is 1. The average Bonchev–Trinajstić information content (AvgIpc) is 2.29. The van der Waals surface area contributed by atoms with Crippen molar-refractivity contribution >= 4 is 24.7 Å². The molecule has 0 aromatic rings. The number of nitrogens with zero attached hydrogens (tertiary/aromatic N) is 1. The maximum Gasteiger partial charge on any atom is 0.312 e. The van der Waals surface area contributed by atoms with Gasteiger partial charge in [0.05, 0.1) is 18.8 Å². The summed E-state index contributed by atoms with van der Waals surface area (Å²) >= 11 is 0. The fraction of sp³-hybridized carbons (Fsp3) is 0.455. The summed E-state index contributed by atoms with van der Waals surface area (Å²) < 4.78 is 5.03. The van der Waals surface area contributed by atoms with E-state index in [2.05, 4.69) is 16.2 Å². The quantitative estimate of drug-likeness (QED) is 0.588. The van der Waals surface area contributed by atoms with Crippen molar-refractivity contribution in [3.63, 3.8) is 0 Å². The van der Waals surface area contributed by atoms with Crippen molar-refractivity contribution in [3.05, 3.63) is 11.6 Å². The second kappa shape index (κ2) is 7.77. The highest BCUT2D eigenvalue weighted by Crippen LogP contribution is 2.02. The van der Waals surface area contributed by atoms with Crippen molar-refractivity contribution in [2.24, 2.45) is 10.9 Å². The van der Waals surface area contributed by atoms with Crippen LogP contribution in [0.1, 0.15) is 6.92 Å². The molecule has 0 radical (unpaired) electrons. The topological polar surface area (TPSA) is 50.7 Å². The first-order valence-corrected chi connectivity index (χ1v) is 4.75. The van der Waals surface area contributed by atoms with Gasteiger partial charge in [0.15, 0.2) is 0 Å². The van der Waals surface area contributed by atoms with E-state index in [0.717, 1.165) is 5.57 Å². The molecular formula is C11H15ClN2O2. The number of aliphatic imine (C=N–C) groups is 1. The number of esters is 1. The highest BCUT2D eigenvalue weighted by molar-refractivity contribution is 5.85. The number of nitrogens with one attached hydrogen (secondary N) is 1. The molecule has 0 spiro atoms. The Balaban J connectivity index is 0.00000225. The molecule has 1 aliphatic rings. The van der Waals surface area contributed by atoms with Crippen LogP contribution in [0, 0.1) is 18.3 Å². The first-order valence-electron chi connectivity index (χ1n) is 4.75. The van der Waals surface area contributed by atoms with Gasteiger partial charge in [-0.05, 0) is 18.6 Å². The normalized spacial score (nSPS) is 19.0. The molecule has 88 valence electrons.